The number of benzene rings is 2. The average molecular weight is 403 g/mol. The van der Waals surface area contributed by atoms with Gasteiger partial charge in [0.2, 0.25) is 5.91 Å². The minimum Gasteiger partial charge on any atom is -0.341 e. The molecule has 0 saturated carbocycles. The Balaban J connectivity index is 1.47. The molecule has 6 nitrogen and oxygen atoms in total. The molecule has 1 heterocycles. The Morgan fingerprint density at radius 2 is 1.75 bits per heavy atom. The van der Waals surface area contributed by atoms with Gasteiger partial charge in [-0.25, -0.2) is 4.39 Å². The van der Waals surface area contributed by atoms with E-state index in [1.54, 1.807) is 24.3 Å². The number of thioether (sulfide) groups is 1. The van der Waals surface area contributed by atoms with Crippen LogP contribution in [0.2, 0.25) is 0 Å². The number of halogens is 1. The fourth-order valence-electron chi connectivity index (χ4n) is 3.13. The van der Waals surface area contributed by atoms with Crippen LogP contribution in [-0.2, 0) is 11.3 Å². The summed E-state index contributed by atoms with van der Waals surface area (Å²) in [4.78, 5) is 27.8. The molecule has 0 bridgehead atoms. The summed E-state index contributed by atoms with van der Waals surface area (Å²) in [6.45, 7) is 3.82. The first-order valence-corrected chi connectivity index (χ1v) is 10.1. The predicted molar refractivity (Wildman–Crippen MR) is 107 cm³/mol. The predicted octanol–water partition coefficient (Wildman–Crippen LogP) is 3.56. The fourth-order valence-corrected chi connectivity index (χ4v) is 3.93. The van der Waals surface area contributed by atoms with Gasteiger partial charge >= 0.3 is 0 Å². The van der Waals surface area contributed by atoms with E-state index in [0.717, 1.165) is 43.1 Å². The maximum Gasteiger partial charge on any atom is 0.269 e. The number of nitro groups is 1. The van der Waals surface area contributed by atoms with Crippen LogP contribution in [0.4, 0.5) is 10.1 Å². The van der Waals surface area contributed by atoms with Crippen molar-refractivity contribution in [2.24, 2.45) is 0 Å². The summed E-state index contributed by atoms with van der Waals surface area (Å²) in [7, 11) is 0. The third-order valence-corrected chi connectivity index (χ3v) is 5.67. The van der Waals surface area contributed by atoms with E-state index < -0.39 is 4.92 Å². The number of rotatable bonds is 6. The van der Waals surface area contributed by atoms with Gasteiger partial charge in [-0.3, -0.25) is 19.8 Å². The first-order chi connectivity index (χ1) is 13.5. The van der Waals surface area contributed by atoms with Crippen LogP contribution < -0.4 is 0 Å². The number of carbonyl (C=O) groups excluding carboxylic acids is 1. The second-order valence-corrected chi connectivity index (χ2v) is 7.73. The monoisotopic (exact) mass is 403 g/mol. The molecule has 148 valence electrons. The molecule has 28 heavy (non-hydrogen) atoms. The molecule has 0 N–H and O–H groups in total. The normalized spacial score (nSPS) is 15.2. The second-order valence-electron chi connectivity index (χ2n) is 6.68. The van der Waals surface area contributed by atoms with Crippen LogP contribution in [0.25, 0.3) is 0 Å². The number of nitro benzene ring substituents is 1. The van der Waals surface area contributed by atoms with Crippen molar-refractivity contribution >= 4 is 23.4 Å². The summed E-state index contributed by atoms with van der Waals surface area (Å²) in [6.07, 6.45) is 0.898. The van der Waals surface area contributed by atoms with Crippen LogP contribution in [0, 0.1) is 15.9 Å². The summed E-state index contributed by atoms with van der Waals surface area (Å²) in [5.41, 5.74) is 1.11. The molecule has 1 aliphatic rings. The molecule has 0 aromatic heterocycles. The Bertz CT molecular complexity index is 814. The van der Waals surface area contributed by atoms with Crippen molar-refractivity contribution in [1.29, 1.82) is 0 Å². The van der Waals surface area contributed by atoms with E-state index in [-0.39, 0.29) is 17.4 Å². The Kier molecular flexibility index (Phi) is 7.00. The van der Waals surface area contributed by atoms with Gasteiger partial charge in [-0.15, -0.1) is 11.8 Å². The van der Waals surface area contributed by atoms with Crippen molar-refractivity contribution in [3.05, 3.63) is 70.0 Å². The Hall–Kier alpha value is -2.45. The second kappa shape index (κ2) is 9.66. The molecule has 0 spiro atoms. The Labute approximate surface area is 167 Å². The first kappa shape index (κ1) is 20.3. The van der Waals surface area contributed by atoms with Gasteiger partial charge in [0, 0.05) is 49.8 Å². The summed E-state index contributed by atoms with van der Waals surface area (Å²) < 4.78 is 13.0. The van der Waals surface area contributed by atoms with Crippen LogP contribution >= 0.6 is 11.8 Å². The molecule has 1 fully saturated rings. The van der Waals surface area contributed by atoms with E-state index in [4.69, 9.17) is 0 Å². The van der Waals surface area contributed by atoms with Crippen molar-refractivity contribution in [1.82, 2.24) is 9.80 Å². The number of hydrogen-bond donors (Lipinski definition) is 0. The lowest BCUT2D eigenvalue weighted by atomic mass is 10.2. The van der Waals surface area contributed by atoms with Gasteiger partial charge in [-0.1, -0.05) is 12.1 Å². The molecule has 0 aliphatic carbocycles. The number of nitrogens with zero attached hydrogens (tertiary/aromatic N) is 3. The lowest BCUT2D eigenvalue weighted by Gasteiger charge is -2.22. The highest BCUT2D eigenvalue weighted by Gasteiger charge is 2.19. The van der Waals surface area contributed by atoms with Crippen molar-refractivity contribution in [3.63, 3.8) is 0 Å². The summed E-state index contributed by atoms with van der Waals surface area (Å²) in [5.74, 6) is 0.157. The number of hydrogen-bond acceptors (Lipinski definition) is 5. The third-order valence-electron chi connectivity index (χ3n) is 4.67. The lowest BCUT2D eigenvalue weighted by molar-refractivity contribution is -0.384. The lowest BCUT2D eigenvalue weighted by Crippen LogP contribution is -2.36. The Morgan fingerprint density at radius 3 is 2.43 bits per heavy atom. The zero-order chi connectivity index (χ0) is 19.9. The van der Waals surface area contributed by atoms with Crippen LogP contribution in [-0.4, -0.2) is 52.6 Å². The van der Waals surface area contributed by atoms with E-state index in [1.165, 1.54) is 36.0 Å². The molecule has 1 saturated heterocycles. The molecule has 3 rings (SSSR count). The largest absolute Gasteiger partial charge is 0.341 e. The van der Waals surface area contributed by atoms with E-state index in [2.05, 4.69) is 4.90 Å². The van der Waals surface area contributed by atoms with Crippen molar-refractivity contribution in [3.8, 4) is 0 Å². The van der Waals surface area contributed by atoms with Gasteiger partial charge in [-0.2, -0.15) is 0 Å². The Morgan fingerprint density at radius 1 is 1.04 bits per heavy atom. The van der Waals surface area contributed by atoms with E-state index in [1.807, 2.05) is 4.90 Å². The van der Waals surface area contributed by atoms with Gasteiger partial charge < -0.3 is 4.90 Å². The fraction of sp³-hybridized carbons (Fsp3) is 0.350. The maximum absolute atomic E-state index is 13.0. The highest BCUT2D eigenvalue weighted by Crippen LogP contribution is 2.22. The standard InChI is InChI=1S/C20H22FN3O3S/c21-17-4-2-16(3-5-17)14-22-10-1-11-23(13-12-22)20(25)15-28-19-8-6-18(7-9-19)24(26)27/h2-9H,1,10-15H2. The highest BCUT2D eigenvalue weighted by molar-refractivity contribution is 8.00. The number of amides is 1. The van der Waals surface area contributed by atoms with Gasteiger partial charge in [0.25, 0.3) is 5.69 Å². The average Bonchev–Trinajstić information content (AvgIpc) is 2.94. The zero-order valence-corrected chi connectivity index (χ0v) is 16.2. The highest BCUT2D eigenvalue weighted by atomic mass is 32.2. The molecule has 8 heteroatoms. The molecule has 0 radical (unpaired) electrons. The number of carbonyl (C=O) groups is 1. The molecule has 0 atom stereocenters. The third kappa shape index (κ3) is 5.77. The summed E-state index contributed by atoms with van der Waals surface area (Å²) in [5, 5.41) is 10.7. The van der Waals surface area contributed by atoms with E-state index >= 15 is 0 Å². The van der Waals surface area contributed by atoms with Gasteiger partial charge in [-0.05, 0) is 36.2 Å². The molecule has 2 aromatic carbocycles. The van der Waals surface area contributed by atoms with E-state index in [9.17, 15) is 19.3 Å². The minimum atomic E-state index is -0.436. The summed E-state index contributed by atoms with van der Waals surface area (Å²) >= 11 is 1.39. The molecular weight excluding hydrogens is 381 g/mol. The zero-order valence-electron chi connectivity index (χ0n) is 15.4. The molecule has 2 aromatic rings. The van der Waals surface area contributed by atoms with Gasteiger partial charge in [0.1, 0.15) is 5.82 Å². The van der Waals surface area contributed by atoms with E-state index in [0.29, 0.717) is 12.3 Å². The van der Waals surface area contributed by atoms with Crippen LogP contribution in [0.15, 0.2) is 53.4 Å². The smallest absolute Gasteiger partial charge is 0.269 e. The van der Waals surface area contributed by atoms with Crippen LogP contribution in [0.5, 0.6) is 0 Å². The van der Waals surface area contributed by atoms with Crippen molar-refractivity contribution in [2.45, 2.75) is 17.9 Å². The minimum absolute atomic E-state index is 0.0458. The first-order valence-electron chi connectivity index (χ1n) is 9.13. The van der Waals surface area contributed by atoms with Crippen LogP contribution in [0.1, 0.15) is 12.0 Å². The topological polar surface area (TPSA) is 66.7 Å². The quantitative estimate of drug-likeness (QED) is 0.419. The maximum atomic E-state index is 13.0. The molecule has 0 unspecified atom stereocenters. The molecular formula is C20H22FN3O3S. The van der Waals surface area contributed by atoms with Gasteiger partial charge in [0.05, 0.1) is 10.7 Å². The SMILES string of the molecule is O=C(CSc1ccc([N+](=O)[O-])cc1)N1CCCN(Cc2ccc(F)cc2)CC1. The molecule has 1 amide bonds. The van der Waals surface area contributed by atoms with Crippen molar-refractivity contribution < 1.29 is 14.1 Å². The van der Waals surface area contributed by atoms with Crippen LogP contribution in [0.3, 0.4) is 0 Å². The summed E-state index contributed by atoms with van der Waals surface area (Å²) in [6, 6.07) is 12.8. The van der Waals surface area contributed by atoms with Gasteiger partial charge in [0.15, 0.2) is 0 Å². The van der Waals surface area contributed by atoms with Crippen molar-refractivity contribution in [2.75, 3.05) is 31.9 Å². The number of non-ortho nitro benzene ring substituents is 1. The molecule has 1 aliphatic heterocycles.